The van der Waals surface area contributed by atoms with Crippen LogP contribution in [0.1, 0.15) is 5.69 Å². The number of halogens is 3. The Hall–Kier alpha value is -3.40. The molecule has 0 aliphatic heterocycles. The van der Waals surface area contributed by atoms with Crippen LogP contribution in [0.4, 0.5) is 8.78 Å². The minimum atomic E-state index is -1.12. The van der Waals surface area contributed by atoms with Gasteiger partial charge in [0, 0.05) is 24.0 Å². The number of hydrogen-bond donors (Lipinski definition) is 1. The number of benzene rings is 1. The highest BCUT2D eigenvalue weighted by molar-refractivity contribution is 6.30. The summed E-state index contributed by atoms with van der Waals surface area (Å²) >= 11 is 5.89. The molecule has 3 aromatic heterocycles. The lowest BCUT2D eigenvalue weighted by Gasteiger charge is -2.10. The van der Waals surface area contributed by atoms with Gasteiger partial charge in [0.1, 0.15) is 5.52 Å². The summed E-state index contributed by atoms with van der Waals surface area (Å²) in [5.41, 5.74) is -1.12. The van der Waals surface area contributed by atoms with Crippen LogP contribution in [-0.2, 0) is 0 Å². The zero-order chi connectivity index (χ0) is 19.3. The van der Waals surface area contributed by atoms with E-state index >= 15 is 0 Å². The predicted molar refractivity (Wildman–Crippen MR) is 92.5 cm³/mol. The zero-order valence-corrected chi connectivity index (χ0v) is 14.3. The van der Waals surface area contributed by atoms with Gasteiger partial charge in [0.05, 0.1) is 22.4 Å². The topological polar surface area (TPSA) is 98.5 Å². The molecule has 27 heavy (non-hydrogen) atoms. The lowest BCUT2D eigenvalue weighted by Crippen LogP contribution is -2.37. The van der Waals surface area contributed by atoms with Crippen LogP contribution in [0.25, 0.3) is 22.4 Å². The molecule has 3 heterocycles. The third-order valence-electron chi connectivity index (χ3n) is 3.91. The Morgan fingerprint density at radius 2 is 1.85 bits per heavy atom. The molecule has 0 aliphatic carbocycles. The van der Waals surface area contributed by atoms with Crippen molar-refractivity contribution in [2.45, 2.75) is 6.92 Å². The summed E-state index contributed by atoms with van der Waals surface area (Å²) in [6, 6.07) is 3.13. The second kappa shape index (κ2) is 6.09. The fourth-order valence-corrected chi connectivity index (χ4v) is 2.89. The highest BCUT2D eigenvalue weighted by Crippen LogP contribution is 2.19. The Bertz CT molecular complexity index is 1330. The number of aromatic nitrogens is 6. The lowest BCUT2D eigenvalue weighted by atomic mass is 10.2. The van der Waals surface area contributed by atoms with E-state index in [2.05, 4.69) is 20.3 Å². The highest BCUT2D eigenvalue weighted by atomic mass is 35.5. The van der Waals surface area contributed by atoms with E-state index in [9.17, 15) is 18.4 Å². The van der Waals surface area contributed by atoms with Crippen molar-refractivity contribution in [1.82, 2.24) is 29.5 Å². The molecule has 0 saturated heterocycles. The second-order valence-electron chi connectivity index (χ2n) is 5.66. The number of hydrogen-bond acceptors (Lipinski definition) is 5. The average Bonchev–Trinajstić information content (AvgIpc) is 2.97. The SMILES string of the molecule is Cc1[nH]c(=O)n(-c2cncc(Cl)c2)c(=O)c1-n1nnc2cc(F)c(F)cc21. The Kier molecular flexibility index (Phi) is 3.84. The van der Waals surface area contributed by atoms with Gasteiger partial charge in [-0.05, 0) is 13.0 Å². The van der Waals surface area contributed by atoms with Crippen molar-refractivity contribution < 1.29 is 8.78 Å². The summed E-state index contributed by atoms with van der Waals surface area (Å²) in [5, 5.41) is 7.79. The largest absolute Gasteiger partial charge is 0.333 e. The molecular formula is C16H9ClF2N6O2. The van der Waals surface area contributed by atoms with E-state index in [0.717, 1.165) is 21.4 Å². The predicted octanol–water partition coefficient (Wildman–Crippen LogP) is 1.89. The van der Waals surface area contributed by atoms with Crippen molar-refractivity contribution in [3.63, 3.8) is 0 Å². The van der Waals surface area contributed by atoms with Crippen LogP contribution in [0.3, 0.4) is 0 Å². The number of nitrogens with zero attached hydrogens (tertiary/aromatic N) is 5. The number of fused-ring (bicyclic) bond motifs is 1. The fourth-order valence-electron chi connectivity index (χ4n) is 2.72. The summed E-state index contributed by atoms with van der Waals surface area (Å²) in [7, 11) is 0. The molecule has 0 fully saturated rings. The van der Waals surface area contributed by atoms with Crippen LogP contribution in [0.2, 0.25) is 5.02 Å². The Balaban J connectivity index is 2.06. The third kappa shape index (κ3) is 2.70. The molecule has 8 nitrogen and oxygen atoms in total. The number of aryl methyl sites for hydroxylation is 1. The van der Waals surface area contributed by atoms with Crippen LogP contribution in [0, 0.1) is 18.6 Å². The highest BCUT2D eigenvalue weighted by Gasteiger charge is 2.19. The molecule has 11 heteroatoms. The van der Waals surface area contributed by atoms with E-state index in [1.54, 1.807) is 0 Å². The summed E-state index contributed by atoms with van der Waals surface area (Å²) in [4.78, 5) is 31.8. The molecule has 136 valence electrons. The van der Waals surface area contributed by atoms with Gasteiger partial charge in [0.2, 0.25) is 0 Å². The van der Waals surface area contributed by atoms with Crippen molar-refractivity contribution in [2.75, 3.05) is 0 Å². The Morgan fingerprint density at radius 1 is 1.11 bits per heavy atom. The van der Waals surface area contributed by atoms with Crippen molar-refractivity contribution in [2.24, 2.45) is 0 Å². The molecule has 4 rings (SSSR count). The molecule has 0 bridgehead atoms. The van der Waals surface area contributed by atoms with Crippen LogP contribution >= 0.6 is 11.6 Å². The lowest BCUT2D eigenvalue weighted by molar-refractivity contribution is 0.510. The summed E-state index contributed by atoms with van der Waals surface area (Å²) in [6.45, 7) is 1.48. The van der Waals surface area contributed by atoms with Crippen LogP contribution < -0.4 is 11.2 Å². The molecule has 0 atom stereocenters. The van der Waals surface area contributed by atoms with E-state index in [1.807, 2.05) is 0 Å². The molecule has 0 unspecified atom stereocenters. The third-order valence-corrected chi connectivity index (χ3v) is 4.11. The average molecular weight is 391 g/mol. The molecule has 1 N–H and O–H groups in total. The van der Waals surface area contributed by atoms with Gasteiger partial charge in [-0.25, -0.2) is 22.8 Å². The van der Waals surface area contributed by atoms with E-state index in [1.165, 1.54) is 25.4 Å². The number of pyridine rings is 1. The summed E-state index contributed by atoms with van der Waals surface area (Å²) in [5.74, 6) is -2.21. The molecule has 1 aromatic carbocycles. The van der Waals surface area contributed by atoms with Crippen molar-refractivity contribution >= 4 is 22.6 Å². The van der Waals surface area contributed by atoms with Crippen LogP contribution in [0.5, 0.6) is 0 Å². The van der Waals surface area contributed by atoms with Gasteiger partial charge in [-0.15, -0.1) is 5.10 Å². The smallest absolute Gasteiger partial charge is 0.309 e. The van der Waals surface area contributed by atoms with Crippen molar-refractivity contribution in [3.05, 3.63) is 73.8 Å². The first-order chi connectivity index (χ1) is 12.9. The monoisotopic (exact) mass is 390 g/mol. The van der Waals surface area contributed by atoms with Gasteiger partial charge in [-0.3, -0.25) is 9.78 Å². The number of aromatic amines is 1. The van der Waals surface area contributed by atoms with Crippen molar-refractivity contribution in [3.8, 4) is 11.4 Å². The van der Waals surface area contributed by atoms with E-state index in [0.29, 0.717) is 0 Å². The minimum absolute atomic E-state index is 0.0508. The van der Waals surface area contributed by atoms with Gasteiger partial charge in [-0.2, -0.15) is 0 Å². The Labute approximate surface area is 153 Å². The first-order valence-electron chi connectivity index (χ1n) is 7.54. The molecule has 4 aromatic rings. The van der Waals surface area contributed by atoms with Crippen LogP contribution in [0.15, 0.2) is 40.2 Å². The molecule has 0 saturated carbocycles. The number of nitrogens with one attached hydrogen (secondary N) is 1. The van der Waals surface area contributed by atoms with Crippen molar-refractivity contribution in [1.29, 1.82) is 0 Å². The van der Waals surface area contributed by atoms with E-state index in [-0.39, 0.29) is 33.1 Å². The van der Waals surface area contributed by atoms with E-state index < -0.39 is 22.9 Å². The first-order valence-corrected chi connectivity index (χ1v) is 7.92. The molecule has 0 amide bonds. The van der Waals surface area contributed by atoms with Gasteiger partial charge in [-0.1, -0.05) is 16.8 Å². The zero-order valence-electron chi connectivity index (χ0n) is 13.6. The number of rotatable bonds is 2. The first kappa shape index (κ1) is 17.0. The Morgan fingerprint density at radius 3 is 2.59 bits per heavy atom. The van der Waals surface area contributed by atoms with E-state index in [4.69, 9.17) is 11.6 Å². The maximum absolute atomic E-state index is 13.7. The maximum Gasteiger partial charge on any atom is 0.333 e. The minimum Gasteiger partial charge on any atom is -0.309 e. The van der Waals surface area contributed by atoms with Gasteiger partial charge in [0.15, 0.2) is 17.3 Å². The maximum atomic E-state index is 13.7. The second-order valence-corrected chi connectivity index (χ2v) is 6.10. The summed E-state index contributed by atoms with van der Waals surface area (Å²) < 4.78 is 28.9. The quantitative estimate of drug-likeness (QED) is 0.563. The fraction of sp³-hybridized carbons (Fsp3) is 0.0625. The molecule has 0 aliphatic rings. The normalized spacial score (nSPS) is 11.3. The van der Waals surface area contributed by atoms with Gasteiger partial charge >= 0.3 is 5.69 Å². The standard InChI is InChI=1S/C16H9ClF2N6O2/c1-7-14(25-13-4-11(19)10(18)3-12(13)22-23-25)15(26)24(16(27)21-7)9-2-8(17)5-20-6-9/h2-6H,1H3,(H,21,27). The van der Waals surface area contributed by atoms with Gasteiger partial charge < -0.3 is 4.98 Å². The van der Waals surface area contributed by atoms with Gasteiger partial charge in [0.25, 0.3) is 5.56 Å². The van der Waals surface area contributed by atoms with Crippen LogP contribution in [-0.4, -0.2) is 29.5 Å². The molecule has 0 radical (unpaired) electrons. The summed E-state index contributed by atoms with van der Waals surface area (Å²) in [6.07, 6.45) is 2.64. The molecular weight excluding hydrogens is 382 g/mol. The molecule has 0 spiro atoms. The number of H-pyrrole nitrogens is 1.